The summed E-state index contributed by atoms with van der Waals surface area (Å²) in [6.45, 7) is 1.18. The van der Waals surface area contributed by atoms with Gasteiger partial charge >= 0.3 is 0 Å². The first-order chi connectivity index (χ1) is 12.5. The van der Waals surface area contributed by atoms with Gasteiger partial charge in [0.05, 0.1) is 0 Å². The Hall–Kier alpha value is 0.980. The quantitative estimate of drug-likeness (QED) is 0.365. The topological polar surface area (TPSA) is 90.5 Å². The SMILES string of the molecule is O=C(NCCN(CCNC(=O)C(Cl)(Cl)Cl)CCNC(=O)C(Cl)(Cl)Cl)C(Cl)(Cl)Cl. The first-order valence-corrected chi connectivity index (χ1v) is 10.7. The molecule has 0 aromatic rings. The first-order valence-electron chi connectivity index (χ1n) is 7.32. The maximum atomic E-state index is 11.5. The smallest absolute Gasteiger partial charge is 0.272 e. The van der Waals surface area contributed by atoms with Crippen LogP contribution in [0.3, 0.4) is 0 Å². The molecule has 164 valence electrons. The van der Waals surface area contributed by atoms with Crippen LogP contribution in [0, 0.1) is 0 Å². The summed E-state index contributed by atoms with van der Waals surface area (Å²) in [5.41, 5.74) is 0. The number of amides is 3. The first kappa shape index (κ1) is 29.0. The molecule has 0 aromatic heterocycles. The van der Waals surface area contributed by atoms with E-state index in [1.807, 2.05) is 0 Å². The van der Waals surface area contributed by atoms with E-state index in [9.17, 15) is 14.4 Å². The lowest BCUT2D eigenvalue weighted by molar-refractivity contribution is -0.120. The second kappa shape index (κ2) is 12.7. The van der Waals surface area contributed by atoms with Crippen molar-refractivity contribution in [3.8, 4) is 0 Å². The van der Waals surface area contributed by atoms with E-state index in [-0.39, 0.29) is 39.3 Å². The number of alkyl halides is 9. The highest BCUT2D eigenvalue weighted by Crippen LogP contribution is 2.26. The molecular weight excluding hydrogens is 567 g/mol. The van der Waals surface area contributed by atoms with E-state index in [4.69, 9.17) is 104 Å². The molecule has 0 saturated carbocycles. The van der Waals surface area contributed by atoms with Crippen LogP contribution >= 0.6 is 104 Å². The number of halogens is 9. The summed E-state index contributed by atoms with van der Waals surface area (Å²) in [6, 6.07) is 0. The van der Waals surface area contributed by atoms with E-state index in [1.165, 1.54) is 0 Å². The molecule has 0 aliphatic carbocycles. The Bertz CT molecular complexity index is 470. The largest absolute Gasteiger partial charge is 0.351 e. The molecule has 0 rings (SSSR count). The molecule has 0 unspecified atom stereocenters. The Kier molecular flexibility index (Phi) is 13.2. The summed E-state index contributed by atoms with van der Waals surface area (Å²) in [5.74, 6) is -2.40. The van der Waals surface area contributed by atoms with Gasteiger partial charge in [0, 0.05) is 39.3 Å². The zero-order chi connectivity index (χ0) is 22.2. The van der Waals surface area contributed by atoms with Gasteiger partial charge in [-0.15, -0.1) is 0 Å². The van der Waals surface area contributed by atoms with Crippen LogP contribution in [0.4, 0.5) is 0 Å². The van der Waals surface area contributed by atoms with Crippen molar-refractivity contribution in [2.45, 2.75) is 11.4 Å². The van der Waals surface area contributed by atoms with Crippen LogP contribution < -0.4 is 16.0 Å². The van der Waals surface area contributed by atoms with E-state index in [0.29, 0.717) is 0 Å². The lowest BCUT2D eigenvalue weighted by Crippen LogP contribution is -2.46. The Labute approximate surface area is 206 Å². The maximum absolute atomic E-state index is 11.5. The average Bonchev–Trinajstić information content (AvgIpc) is 2.51. The average molecular weight is 582 g/mol. The van der Waals surface area contributed by atoms with Crippen molar-refractivity contribution in [3.05, 3.63) is 0 Å². The number of hydrogen-bond acceptors (Lipinski definition) is 4. The van der Waals surface area contributed by atoms with Crippen LogP contribution in [0.2, 0.25) is 0 Å². The number of nitrogens with zero attached hydrogens (tertiary/aromatic N) is 1. The van der Waals surface area contributed by atoms with E-state index in [2.05, 4.69) is 16.0 Å². The van der Waals surface area contributed by atoms with Gasteiger partial charge in [-0.1, -0.05) is 104 Å². The third-order valence-corrected chi connectivity index (χ3v) is 4.46. The lowest BCUT2D eigenvalue weighted by Gasteiger charge is -2.24. The Morgan fingerprint density at radius 1 is 0.536 bits per heavy atom. The summed E-state index contributed by atoms with van der Waals surface area (Å²) < 4.78 is -6.29. The Morgan fingerprint density at radius 3 is 0.929 bits per heavy atom. The van der Waals surface area contributed by atoms with E-state index >= 15 is 0 Å². The zero-order valence-corrected chi connectivity index (χ0v) is 20.6. The summed E-state index contributed by atoms with van der Waals surface area (Å²) in [5, 5.41) is 7.27. The number of rotatable bonds is 9. The van der Waals surface area contributed by atoms with Crippen molar-refractivity contribution >= 4 is 122 Å². The molecule has 7 nitrogen and oxygen atoms in total. The van der Waals surface area contributed by atoms with E-state index in [1.54, 1.807) is 4.90 Å². The van der Waals surface area contributed by atoms with Crippen molar-refractivity contribution in [2.75, 3.05) is 39.3 Å². The summed E-state index contributed by atoms with van der Waals surface area (Å²) >= 11 is 49.1. The molecule has 0 heterocycles. The minimum Gasteiger partial charge on any atom is -0.351 e. The highest BCUT2D eigenvalue weighted by molar-refractivity contribution is 6.77. The van der Waals surface area contributed by atoms with Gasteiger partial charge < -0.3 is 16.0 Å². The lowest BCUT2D eigenvalue weighted by atomic mass is 10.4. The van der Waals surface area contributed by atoms with Crippen LogP contribution in [-0.2, 0) is 14.4 Å². The minimum atomic E-state index is -2.10. The van der Waals surface area contributed by atoms with Crippen molar-refractivity contribution in [3.63, 3.8) is 0 Å². The minimum absolute atomic E-state index is 0.115. The molecule has 0 spiro atoms. The molecule has 0 saturated heterocycles. The Morgan fingerprint density at radius 2 is 0.750 bits per heavy atom. The van der Waals surface area contributed by atoms with Crippen LogP contribution in [0.1, 0.15) is 0 Å². The number of nitrogens with one attached hydrogen (secondary N) is 3. The highest BCUT2D eigenvalue weighted by atomic mass is 35.6. The second-order valence-electron chi connectivity index (χ2n) is 5.10. The van der Waals surface area contributed by atoms with Crippen LogP contribution in [0.15, 0.2) is 0 Å². The molecule has 0 atom stereocenters. The predicted molar refractivity (Wildman–Crippen MR) is 116 cm³/mol. The van der Waals surface area contributed by atoms with Crippen molar-refractivity contribution in [2.24, 2.45) is 0 Å². The molecule has 0 aliphatic rings. The molecule has 0 aliphatic heterocycles. The van der Waals surface area contributed by atoms with Crippen LogP contribution in [-0.4, -0.2) is 73.3 Å². The third-order valence-electron chi connectivity index (χ3n) is 2.91. The normalized spacial score (nSPS) is 12.6. The molecule has 0 bridgehead atoms. The summed E-state index contributed by atoms with van der Waals surface area (Å²) in [4.78, 5) is 36.4. The third kappa shape index (κ3) is 13.3. The van der Waals surface area contributed by atoms with Gasteiger partial charge in [-0.05, 0) is 0 Å². The highest BCUT2D eigenvalue weighted by Gasteiger charge is 2.32. The summed E-state index contributed by atoms with van der Waals surface area (Å²) in [6.07, 6.45) is 0. The van der Waals surface area contributed by atoms with Gasteiger partial charge in [0.2, 0.25) is 0 Å². The monoisotopic (exact) mass is 578 g/mol. The molecule has 0 aromatic carbocycles. The zero-order valence-electron chi connectivity index (χ0n) is 13.8. The number of carbonyl (C=O) groups excluding carboxylic acids is 3. The van der Waals surface area contributed by atoms with Gasteiger partial charge in [0.1, 0.15) is 0 Å². The van der Waals surface area contributed by atoms with Crippen molar-refractivity contribution in [1.29, 1.82) is 0 Å². The molecule has 3 N–H and O–H groups in total. The molecule has 0 radical (unpaired) electrons. The molecular formula is C12H15Cl9N4O3. The summed E-state index contributed by atoms with van der Waals surface area (Å²) in [7, 11) is 0. The van der Waals surface area contributed by atoms with Crippen LogP contribution in [0.25, 0.3) is 0 Å². The fraction of sp³-hybridized carbons (Fsp3) is 0.750. The molecule has 0 fully saturated rings. The van der Waals surface area contributed by atoms with Crippen molar-refractivity contribution < 1.29 is 14.4 Å². The van der Waals surface area contributed by atoms with E-state index < -0.39 is 29.1 Å². The number of hydrogen-bond donors (Lipinski definition) is 3. The van der Waals surface area contributed by atoms with Gasteiger partial charge in [-0.25, -0.2) is 0 Å². The second-order valence-corrected chi connectivity index (χ2v) is 11.9. The maximum Gasteiger partial charge on any atom is 0.272 e. The molecule has 16 heteroatoms. The fourth-order valence-electron chi connectivity index (χ4n) is 1.62. The van der Waals surface area contributed by atoms with Crippen molar-refractivity contribution in [1.82, 2.24) is 20.9 Å². The molecule has 28 heavy (non-hydrogen) atoms. The van der Waals surface area contributed by atoms with E-state index in [0.717, 1.165) is 0 Å². The molecule has 3 amide bonds. The fourth-order valence-corrected chi connectivity index (χ4v) is 2.22. The van der Waals surface area contributed by atoms with Gasteiger partial charge in [-0.2, -0.15) is 0 Å². The Balaban J connectivity index is 4.58. The van der Waals surface area contributed by atoms with Gasteiger partial charge in [-0.3, -0.25) is 19.3 Å². The van der Waals surface area contributed by atoms with Gasteiger partial charge in [0.25, 0.3) is 29.1 Å². The van der Waals surface area contributed by atoms with Gasteiger partial charge in [0.15, 0.2) is 0 Å². The standard InChI is InChI=1S/C12H15Cl9N4O3/c13-10(14,15)7(26)22-1-4-25(5-2-23-8(27)11(16,17)18)6-3-24-9(28)12(19,20)21/h1-6H2,(H,22,26)(H,23,27)(H,24,28). The predicted octanol–water partition coefficient (Wildman–Crippen LogP) is 2.75. The van der Waals surface area contributed by atoms with Crippen LogP contribution in [0.5, 0.6) is 0 Å². The number of carbonyl (C=O) groups is 3.